The van der Waals surface area contributed by atoms with Crippen molar-refractivity contribution in [2.75, 3.05) is 0 Å². The molecular weight excluding hydrogens is 183 g/mol. The van der Waals surface area contributed by atoms with Gasteiger partial charge in [0.25, 0.3) is 0 Å². The normalized spacial score (nSPS) is 38.7. The lowest BCUT2D eigenvalue weighted by Crippen LogP contribution is -2.06. The van der Waals surface area contributed by atoms with Crippen LogP contribution in [0.4, 0.5) is 4.39 Å². The van der Waals surface area contributed by atoms with Crippen LogP contribution >= 0.6 is 15.9 Å². The van der Waals surface area contributed by atoms with E-state index < -0.39 is 4.58 Å². The largest absolute Gasteiger partial charge is 0.231 e. The summed E-state index contributed by atoms with van der Waals surface area (Å²) in [5, 5.41) is 0. The molecule has 1 saturated carbocycles. The molecule has 0 N–H and O–H groups in total. The van der Waals surface area contributed by atoms with E-state index in [0.29, 0.717) is 6.42 Å². The van der Waals surface area contributed by atoms with E-state index in [-0.39, 0.29) is 5.41 Å². The Bertz CT molecular complexity index is 116. The lowest BCUT2D eigenvalue weighted by molar-refractivity contribution is 0.316. The Kier molecular flexibility index (Phi) is 1.62. The molecule has 0 bridgehead atoms. The van der Waals surface area contributed by atoms with Gasteiger partial charge in [-0.25, -0.2) is 4.39 Å². The van der Waals surface area contributed by atoms with Crippen LogP contribution < -0.4 is 0 Å². The second-order valence-corrected chi connectivity index (χ2v) is 4.13. The maximum absolute atomic E-state index is 13.0. The van der Waals surface area contributed by atoms with Gasteiger partial charge in [0.15, 0.2) is 4.58 Å². The van der Waals surface area contributed by atoms with Crippen LogP contribution in [-0.2, 0) is 0 Å². The molecule has 0 heterocycles. The van der Waals surface area contributed by atoms with Crippen LogP contribution in [0.2, 0.25) is 0 Å². The van der Waals surface area contributed by atoms with E-state index in [9.17, 15) is 4.39 Å². The van der Waals surface area contributed by atoms with E-state index in [0.717, 1.165) is 12.8 Å². The summed E-state index contributed by atoms with van der Waals surface area (Å²) in [6.45, 7) is 4.10. The number of hydrogen-bond donors (Lipinski definition) is 0. The minimum Gasteiger partial charge on any atom is -0.231 e. The summed E-state index contributed by atoms with van der Waals surface area (Å²) in [5.41, 5.74) is -0.0208. The van der Waals surface area contributed by atoms with Crippen molar-refractivity contribution in [3.8, 4) is 0 Å². The molecule has 1 atom stereocenters. The van der Waals surface area contributed by atoms with Crippen molar-refractivity contribution in [1.82, 2.24) is 0 Å². The molecule has 0 aromatic heterocycles. The SMILES string of the molecule is CCC1(CC)CC1(F)Br. The first-order valence-corrected chi connectivity index (χ1v) is 4.25. The van der Waals surface area contributed by atoms with E-state index in [4.69, 9.17) is 0 Å². The third-order valence-corrected chi connectivity index (χ3v) is 3.69. The summed E-state index contributed by atoms with van der Waals surface area (Å²) >= 11 is 3.06. The van der Waals surface area contributed by atoms with Crippen molar-refractivity contribution in [1.29, 1.82) is 0 Å². The van der Waals surface area contributed by atoms with Crippen LogP contribution in [0.25, 0.3) is 0 Å². The second kappa shape index (κ2) is 1.94. The standard InChI is InChI=1S/C7H12BrF/c1-3-6(4-2)5-7(6,8)9/h3-5H2,1-2H3. The fourth-order valence-electron chi connectivity index (χ4n) is 1.40. The molecule has 0 spiro atoms. The zero-order valence-electron chi connectivity index (χ0n) is 5.88. The molecule has 0 aliphatic heterocycles. The van der Waals surface area contributed by atoms with Gasteiger partial charge < -0.3 is 0 Å². The van der Waals surface area contributed by atoms with E-state index in [1.165, 1.54) is 0 Å². The van der Waals surface area contributed by atoms with Crippen LogP contribution in [0.3, 0.4) is 0 Å². The molecule has 1 rings (SSSR count). The molecule has 1 fully saturated rings. The highest BCUT2D eigenvalue weighted by atomic mass is 79.9. The lowest BCUT2D eigenvalue weighted by atomic mass is 10.0. The minimum atomic E-state index is -1.02. The molecule has 0 saturated heterocycles. The van der Waals surface area contributed by atoms with Gasteiger partial charge in [-0.2, -0.15) is 0 Å². The van der Waals surface area contributed by atoms with Crippen LogP contribution in [0.15, 0.2) is 0 Å². The van der Waals surface area contributed by atoms with Gasteiger partial charge in [0.05, 0.1) is 0 Å². The summed E-state index contributed by atoms with van der Waals surface area (Å²) in [6.07, 6.45) is 2.60. The molecule has 0 aromatic rings. The molecule has 1 aliphatic carbocycles. The third-order valence-electron chi connectivity index (χ3n) is 2.56. The zero-order valence-corrected chi connectivity index (χ0v) is 7.46. The molecule has 54 valence electrons. The fourth-order valence-corrected chi connectivity index (χ4v) is 2.50. The lowest BCUT2D eigenvalue weighted by Gasteiger charge is -2.10. The van der Waals surface area contributed by atoms with Gasteiger partial charge in [-0.1, -0.05) is 13.8 Å². The molecule has 0 aromatic carbocycles. The van der Waals surface area contributed by atoms with Crippen LogP contribution in [0.5, 0.6) is 0 Å². The Morgan fingerprint density at radius 1 is 1.44 bits per heavy atom. The van der Waals surface area contributed by atoms with E-state index in [2.05, 4.69) is 15.9 Å². The predicted octanol–water partition coefficient (Wildman–Crippen LogP) is 3.26. The van der Waals surface area contributed by atoms with Gasteiger partial charge in [-0.05, 0) is 28.8 Å². The van der Waals surface area contributed by atoms with Crippen molar-refractivity contribution in [3.63, 3.8) is 0 Å². The van der Waals surface area contributed by atoms with Gasteiger partial charge in [0.2, 0.25) is 0 Å². The number of rotatable bonds is 2. The first-order valence-electron chi connectivity index (χ1n) is 3.46. The highest BCUT2D eigenvalue weighted by Gasteiger charge is 2.65. The molecule has 2 heteroatoms. The summed E-state index contributed by atoms with van der Waals surface area (Å²) in [7, 11) is 0. The maximum Gasteiger partial charge on any atom is 0.171 e. The summed E-state index contributed by atoms with van der Waals surface area (Å²) in [6, 6.07) is 0. The molecular formula is C7H12BrF. The van der Waals surface area contributed by atoms with Crippen molar-refractivity contribution < 1.29 is 4.39 Å². The average molecular weight is 195 g/mol. The van der Waals surface area contributed by atoms with Gasteiger partial charge >= 0.3 is 0 Å². The quantitative estimate of drug-likeness (QED) is 0.593. The topological polar surface area (TPSA) is 0 Å². The number of halogens is 2. The molecule has 0 amide bonds. The van der Waals surface area contributed by atoms with Gasteiger partial charge in [0.1, 0.15) is 0 Å². The monoisotopic (exact) mass is 194 g/mol. The Morgan fingerprint density at radius 3 is 1.78 bits per heavy atom. The van der Waals surface area contributed by atoms with Gasteiger partial charge in [0, 0.05) is 11.8 Å². The summed E-state index contributed by atoms with van der Waals surface area (Å²) < 4.78 is 12.0. The highest BCUT2D eigenvalue weighted by Crippen LogP contribution is 2.67. The fraction of sp³-hybridized carbons (Fsp3) is 1.00. The van der Waals surface area contributed by atoms with Crippen molar-refractivity contribution >= 4 is 15.9 Å². The first kappa shape index (κ1) is 7.52. The zero-order chi connectivity index (χ0) is 7.12. The van der Waals surface area contributed by atoms with Crippen LogP contribution in [-0.4, -0.2) is 4.58 Å². The molecule has 0 nitrogen and oxygen atoms in total. The Morgan fingerprint density at radius 2 is 1.78 bits per heavy atom. The van der Waals surface area contributed by atoms with Crippen LogP contribution in [0.1, 0.15) is 33.1 Å². The van der Waals surface area contributed by atoms with Crippen molar-refractivity contribution in [3.05, 3.63) is 0 Å². The van der Waals surface area contributed by atoms with Gasteiger partial charge in [-0.3, -0.25) is 0 Å². The third kappa shape index (κ3) is 0.917. The molecule has 9 heavy (non-hydrogen) atoms. The Balaban J connectivity index is 2.57. The Labute approximate surface area is 64.0 Å². The highest BCUT2D eigenvalue weighted by molar-refractivity contribution is 9.10. The molecule has 1 aliphatic rings. The Hall–Kier alpha value is 0.410. The van der Waals surface area contributed by atoms with Gasteiger partial charge in [-0.15, -0.1) is 0 Å². The first-order chi connectivity index (χ1) is 4.08. The minimum absolute atomic E-state index is 0.0208. The smallest absolute Gasteiger partial charge is 0.171 e. The summed E-state index contributed by atoms with van der Waals surface area (Å²) in [5.74, 6) is 0. The molecule has 0 radical (unpaired) electrons. The summed E-state index contributed by atoms with van der Waals surface area (Å²) in [4.78, 5) is 0. The number of hydrogen-bond acceptors (Lipinski definition) is 0. The predicted molar refractivity (Wildman–Crippen MR) is 40.4 cm³/mol. The maximum atomic E-state index is 13.0. The van der Waals surface area contributed by atoms with E-state index in [1.807, 2.05) is 13.8 Å². The molecule has 1 unspecified atom stereocenters. The second-order valence-electron chi connectivity index (χ2n) is 2.87. The van der Waals surface area contributed by atoms with Crippen molar-refractivity contribution in [2.24, 2.45) is 5.41 Å². The number of alkyl halides is 2. The van der Waals surface area contributed by atoms with Crippen molar-refractivity contribution in [2.45, 2.75) is 37.7 Å². The van der Waals surface area contributed by atoms with E-state index >= 15 is 0 Å². The van der Waals surface area contributed by atoms with Crippen LogP contribution in [0, 0.1) is 5.41 Å². The van der Waals surface area contributed by atoms with E-state index in [1.54, 1.807) is 0 Å². The average Bonchev–Trinajstić information content (AvgIpc) is 2.35.